The molecule has 0 bridgehead atoms. The Hall–Kier alpha value is -3.27. The predicted octanol–water partition coefficient (Wildman–Crippen LogP) is 2.13. The molecule has 0 spiro atoms. The summed E-state index contributed by atoms with van der Waals surface area (Å²) in [6.07, 6.45) is 5.10. The van der Waals surface area contributed by atoms with Crippen LogP contribution in [0.1, 0.15) is 34.9 Å². The minimum atomic E-state index is -3.82. The van der Waals surface area contributed by atoms with Gasteiger partial charge in [-0.05, 0) is 49.2 Å². The molecule has 0 radical (unpaired) electrons. The number of aromatic amines is 1. The Bertz CT molecular complexity index is 1060. The number of amides is 1. The fourth-order valence-corrected chi connectivity index (χ4v) is 3.46. The Balaban J connectivity index is 1.44. The molecule has 1 saturated carbocycles. The van der Waals surface area contributed by atoms with E-state index in [-0.39, 0.29) is 16.8 Å². The SMILES string of the molecule is O=C(Nc1ccc(S(=O)(=O)Nc2ncccn2)cc1)c1cc(C2CC2)[nH]n1. The Morgan fingerprint density at radius 3 is 2.48 bits per heavy atom. The van der Waals surface area contributed by atoms with Crippen LogP contribution in [0.3, 0.4) is 0 Å². The lowest BCUT2D eigenvalue weighted by Gasteiger charge is -2.07. The van der Waals surface area contributed by atoms with E-state index < -0.39 is 10.0 Å². The summed E-state index contributed by atoms with van der Waals surface area (Å²) in [7, 11) is -3.82. The second-order valence-corrected chi connectivity index (χ2v) is 7.82. The summed E-state index contributed by atoms with van der Waals surface area (Å²) in [6.45, 7) is 0. The zero-order valence-electron chi connectivity index (χ0n) is 14.1. The third kappa shape index (κ3) is 3.95. The lowest BCUT2D eigenvalue weighted by Crippen LogP contribution is -2.15. The van der Waals surface area contributed by atoms with Crippen molar-refractivity contribution in [3.8, 4) is 0 Å². The van der Waals surface area contributed by atoms with E-state index in [4.69, 9.17) is 0 Å². The molecule has 3 aromatic rings. The Morgan fingerprint density at radius 2 is 1.81 bits per heavy atom. The van der Waals surface area contributed by atoms with Gasteiger partial charge in [0.15, 0.2) is 5.69 Å². The third-order valence-corrected chi connectivity index (χ3v) is 5.41. The van der Waals surface area contributed by atoms with Crippen LogP contribution in [0.5, 0.6) is 0 Å². The van der Waals surface area contributed by atoms with Gasteiger partial charge in [0, 0.05) is 29.7 Å². The van der Waals surface area contributed by atoms with Crippen LogP contribution in [0.15, 0.2) is 53.7 Å². The first-order chi connectivity index (χ1) is 13.0. The number of hydrogen-bond donors (Lipinski definition) is 3. The average molecular weight is 384 g/mol. The van der Waals surface area contributed by atoms with Crippen LogP contribution in [-0.4, -0.2) is 34.5 Å². The molecule has 10 heteroatoms. The molecule has 2 heterocycles. The van der Waals surface area contributed by atoms with Crippen molar-refractivity contribution in [3.05, 3.63) is 60.2 Å². The van der Waals surface area contributed by atoms with Crippen LogP contribution in [0.25, 0.3) is 0 Å². The van der Waals surface area contributed by atoms with E-state index in [1.807, 2.05) is 0 Å². The molecule has 0 unspecified atom stereocenters. The van der Waals surface area contributed by atoms with Crippen molar-refractivity contribution in [2.45, 2.75) is 23.7 Å². The Labute approximate surface area is 155 Å². The Kier molecular flexibility index (Phi) is 4.32. The van der Waals surface area contributed by atoms with Gasteiger partial charge in [-0.3, -0.25) is 9.89 Å². The monoisotopic (exact) mass is 384 g/mol. The van der Waals surface area contributed by atoms with E-state index in [9.17, 15) is 13.2 Å². The van der Waals surface area contributed by atoms with E-state index >= 15 is 0 Å². The topological polar surface area (TPSA) is 130 Å². The second-order valence-electron chi connectivity index (χ2n) is 6.14. The van der Waals surface area contributed by atoms with Crippen LogP contribution in [-0.2, 0) is 10.0 Å². The number of nitrogens with zero attached hydrogens (tertiary/aromatic N) is 3. The highest BCUT2D eigenvalue weighted by molar-refractivity contribution is 7.92. The highest BCUT2D eigenvalue weighted by Crippen LogP contribution is 2.39. The van der Waals surface area contributed by atoms with Crippen LogP contribution >= 0.6 is 0 Å². The van der Waals surface area contributed by atoms with Gasteiger partial charge in [0.2, 0.25) is 5.95 Å². The van der Waals surface area contributed by atoms with Gasteiger partial charge in [-0.15, -0.1) is 0 Å². The third-order valence-electron chi connectivity index (χ3n) is 4.06. The summed E-state index contributed by atoms with van der Waals surface area (Å²) < 4.78 is 27.0. The number of aromatic nitrogens is 4. The van der Waals surface area contributed by atoms with Gasteiger partial charge in [-0.25, -0.2) is 23.1 Å². The van der Waals surface area contributed by atoms with Crippen LogP contribution in [0, 0.1) is 0 Å². The molecule has 1 aliphatic carbocycles. The van der Waals surface area contributed by atoms with E-state index in [1.54, 1.807) is 12.1 Å². The Morgan fingerprint density at radius 1 is 1.11 bits per heavy atom. The van der Waals surface area contributed by atoms with Gasteiger partial charge in [0.1, 0.15) is 0 Å². The molecule has 27 heavy (non-hydrogen) atoms. The molecule has 0 saturated heterocycles. The lowest BCUT2D eigenvalue weighted by molar-refractivity contribution is 0.102. The van der Waals surface area contributed by atoms with Crippen molar-refractivity contribution in [2.75, 3.05) is 10.0 Å². The van der Waals surface area contributed by atoms with Crippen LogP contribution in [0.4, 0.5) is 11.6 Å². The van der Waals surface area contributed by atoms with Crippen LogP contribution < -0.4 is 10.0 Å². The van der Waals surface area contributed by atoms with E-state index in [0.29, 0.717) is 17.3 Å². The van der Waals surface area contributed by atoms with Crippen molar-refractivity contribution in [1.29, 1.82) is 0 Å². The largest absolute Gasteiger partial charge is 0.321 e. The molecule has 1 fully saturated rings. The minimum absolute atomic E-state index is 0.0140. The lowest BCUT2D eigenvalue weighted by atomic mass is 10.2. The van der Waals surface area contributed by atoms with Crippen molar-refractivity contribution in [3.63, 3.8) is 0 Å². The van der Waals surface area contributed by atoms with Crippen LogP contribution in [0.2, 0.25) is 0 Å². The van der Waals surface area contributed by atoms with Crippen molar-refractivity contribution in [2.24, 2.45) is 0 Å². The molecule has 2 aromatic heterocycles. The number of nitrogens with one attached hydrogen (secondary N) is 3. The number of H-pyrrole nitrogens is 1. The number of sulfonamides is 1. The molecular formula is C17H16N6O3S. The summed E-state index contributed by atoms with van der Waals surface area (Å²) in [5.41, 5.74) is 1.73. The molecule has 138 valence electrons. The van der Waals surface area contributed by atoms with Crippen molar-refractivity contribution in [1.82, 2.24) is 20.2 Å². The van der Waals surface area contributed by atoms with Gasteiger partial charge in [-0.1, -0.05) is 0 Å². The first kappa shape index (κ1) is 17.2. The minimum Gasteiger partial charge on any atom is -0.321 e. The van der Waals surface area contributed by atoms with Crippen molar-refractivity contribution >= 4 is 27.6 Å². The molecule has 0 atom stereocenters. The first-order valence-corrected chi connectivity index (χ1v) is 9.76. The number of benzene rings is 1. The molecular weight excluding hydrogens is 368 g/mol. The summed E-state index contributed by atoms with van der Waals surface area (Å²) in [6, 6.07) is 9.12. The quantitative estimate of drug-likeness (QED) is 0.597. The predicted molar refractivity (Wildman–Crippen MR) is 97.8 cm³/mol. The number of hydrogen-bond acceptors (Lipinski definition) is 6. The van der Waals surface area contributed by atoms with Gasteiger partial charge >= 0.3 is 0 Å². The van der Waals surface area contributed by atoms with E-state index in [2.05, 4.69) is 30.2 Å². The first-order valence-electron chi connectivity index (χ1n) is 8.28. The zero-order chi connectivity index (χ0) is 18.9. The summed E-state index contributed by atoms with van der Waals surface area (Å²) >= 11 is 0. The molecule has 1 amide bonds. The smallest absolute Gasteiger partial charge is 0.276 e. The fourth-order valence-electron chi connectivity index (χ4n) is 2.50. The summed E-state index contributed by atoms with van der Waals surface area (Å²) in [5, 5.41) is 9.59. The number of carbonyl (C=O) groups excluding carboxylic acids is 1. The molecule has 3 N–H and O–H groups in total. The molecule has 1 aliphatic rings. The molecule has 1 aromatic carbocycles. The fraction of sp³-hybridized carbons (Fsp3) is 0.176. The van der Waals surface area contributed by atoms with Gasteiger partial charge in [0.25, 0.3) is 15.9 Å². The standard InChI is InChI=1S/C17H16N6O3S/c24-16(15-10-14(21-22-15)11-2-3-11)20-12-4-6-13(7-5-12)27(25,26)23-17-18-8-1-9-19-17/h1,4-11H,2-3H2,(H,20,24)(H,21,22)(H,18,19,23). The second kappa shape index (κ2) is 6.80. The summed E-state index contributed by atoms with van der Waals surface area (Å²) in [5.74, 6) is 0.106. The molecule has 4 rings (SSSR count). The maximum absolute atomic E-state index is 12.3. The van der Waals surface area contributed by atoms with Crippen molar-refractivity contribution < 1.29 is 13.2 Å². The summed E-state index contributed by atoms with van der Waals surface area (Å²) in [4.78, 5) is 19.9. The van der Waals surface area contributed by atoms with Gasteiger partial charge < -0.3 is 5.32 Å². The number of anilines is 2. The van der Waals surface area contributed by atoms with Gasteiger partial charge in [0.05, 0.1) is 4.90 Å². The van der Waals surface area contributed by atoms with E-state index in [1.165, 1.54) is 36.7 Å². The molecule has 0 aliphatic heterocycles. The van der Waals surface area contributed by atoms with E-state index in [0.717, 1.165) is 18.5 Å². The normalized spacial score (nSPS) is 13.9. The highest BCUT2D eigenvalue weighted by atomic mass is 32.2. The number of rotatable bonds is 6. The maximum atomic E-state index is 12.3. The van der Waals surface area contributed by atoms with Gasteiger partial charge in [-0.2, -0.15) is 5.10 Å². The maximum Gasteiger partial charge on any atom is 0.276 e. The highest BCUT2D eigenvalue weighted by Gasteiger charge is 2.26. The number of carbonyl (C=O) groups is 1. The molecule has 9 nitrogen and oxygen atoms in total. The zero-order valence-corrected chi connectivity index (χ0v) is 14.9. The average Bonchev–Trinajstić information content (AvgIpc) is 3.39.